The molecule has 0 aromatic heterocycles. The Labute approximate surface area is 129 Å². The SMILES string of the molecule is CCOC(=O)C(=O)/C=C(\O)c1cc(OC)cc(OC(F)(F)F)c1. The predicted molar refractivity (Wildman–Crippen MR) is 71.9 cm³/mol. The molecule has 0 saturated carbocycles. The molecule has 0 radical (unpaired) electrons. The van der Waals surface area contributed by atoms with Gasteiger partial charge in [-0.05, 0) is 19.1 Å². The van der Waals surface area contributed by atoms with E-state index < -0.39 is 29.6 Å². The van der Waals surface area contributed by atoms with Crippen molar-refractivity contribution in [1.29, 1.82) is 0 Å². The van der Waals surface area contributed by atoms with Gasteiger partial charge in [-0.25, -0.2) is 4.79 Å². The molecule has 6 nitrogen and oxygen atoms in total. The molecule has 0 aliphatic carbocycles. The summed E-state index contributed by atoms with van der Waals surface area (Å²) in [7, 11) is 1.20. The van der Waals surface area contributed by atoms with Crippen LogP contribution in [0.2, 0.25) is 0 Å². The van der Waals surface area contributed by atoms with E-state index in [0.29, 0.717) is 6.08 Å². The molecular formula is C14H13F3O6. The first-order valence-electron chi connectivity index (χ1n) is 6.23. The fraction of sp³-hybridized carbons (Fsp3) is 0.286. The van der Waals surface area contributed by atoms with Gasteiger partial charge in [0.25, 0.3) is 5.78 Å². The molecule has 1 N–H and O–H groups in total. The van der Waals surface area contributed by atoms with Gasteiger partial charge in [-0.3, -0.25) is 4.79 Å². The van der Waals surface area contributed by atoms with E-state index in [0.717, 1.165) is 18.2 Å². The first kappa shape index (κ1) is 18.3. The number of carbonyl (C=O) groups is 2. The highest BCUT2D eigenvalue weighted by Crippen LogP contribution is 2.30. The molecule has 0 aliphatic heterocycles. The average molecular weight is 334 g/mol. The van der Waals surface area contributed by atoms with Gasteiger partial charge in [0.15, 0.2) is 0 Å². The van der Waals surface area contributed by atoms with Gasteiger partial charge in [-0.1, -0.05) is 0 Å². The molecule has 0 aliphatic rings. The van der Waals surface area contributed by atoms with E-state index >= 15 is 0 Å². The van der Waals surface area contributed by atoms with E-state index in [1.54, 1.807) is 0 Å². The molecule has 0 bridgehead atoms. The first-order chi connectivity index (χ1) is 10.7. The largest absolute Gasteiger partial charge is 0.573 e. The maximum atomic E-state index is 12.3. The van der Waals surface area contributed by atoms with Crippen LogP contribution >= 0.6 is 0 Å². The number of alkyl halides is 3. The third-order valence-corrected chi connectivity index (χ3v) is 2.39. The zero-order chi connectivity index (χ0) is 17.6. The maximum Gasteiger partial charge on any atom is 0.573 e. The second kappa shape index (κ2) is 7.52. The normalized spacial score (nSPS) is 11.8. The molecule has 0 spiro atoms. The van der Waals surface area contributed by atoms with Gasteiger partial charge in [0, 0.05) is 17.7 Å². The Bertz CT molecular complexity index is 621. The molecular weight excluding hydrogens is 321 g/mol. The summed E-state index contributed by atoms with van der Waals surface area (Å²) in [5.41, 5.74) is -0.207. The van der Waals surface area contributed by atoms with Crippen molar-refractivity contribution in [3.63, 3.8) is 0 Å². The second-order valence-corrected chi connectivity index (χ2v) is 4.06. The molecule has 0 fully saturated rings. The molecule has 0 amide bonds. The van der Waals surface area contributed by atoms with Crippen LogP contribution in [-0.4, -0.2) is 36.9 Å². The Hall–Kier alpha value is -2.71. The summed E-state index contributed by atoms with van der Waals surface area (Å²) in [5.74, 6) is -3.81. The third kappa shape index (κ3) is 5.89. The number of benzene rings is 1. The van der Waals surface area contributed by atoms with Crippen LogP contribution in [0.3, 0.4) is 0 Å². The summed E-state index contributed by atoms with van der Waals surface area (Å²) in [6.07, 6.45) is -4.41. The predicted octanol–water partition coefficient (Wildman–Crippen LogP) is 2.62. The van der Waals surface area contributed by atoms with Crippen molar-refractivity contribution in [3.8, 4) is 11.5 Å². The Kier molecular flexibility index (Phi) is 6.00. The highest BCUT2D eigenvalue weighted by atomic mass is 19.4. The van der Waals surface area contributed by atoms with Crippen molar-refractivity contribution in [2.24, 2.45) is 0 Å². The Balaban J connectivity index is 3.12. The third-order valence-electron chi connectivity index (χ3n) is 2.39. The maximum absolute atomic E-state index is 12.3. The van der Waals surface area contributed by atoms with Crippen LogP contribution in [0.25, 0.3) is 5.76 Å². The van der Waals surface area contributed by atoms with Crippen molar-refractivity contribution >= 4 is 17.5 Å². The Morgan fingerprint density at radius 3 is 2.35 bits per heavy atom. The molecule has 0 heterocycles. The molecule has 126 valence electrons. The number of aliphatic hydroxyl groups excluding tert-OH is 1. The number of ether oxygens (including phenoxy) is 3. The Morgan fingerprint density at radius 2 is 1.83 bits per heavy atom. The van der Waals surface area contributed by atoms with Crippen LogP contribution in [0.15, 0.2) is 24.3 Å². The van der Waals surface area contributed by atoms with E-state index in [9.17, 15) is 27.9 Å². The summed E-state index contributed by atoms with van der Waals surface area (Å²) >= 11 is 0. The van der Waals surface area contributed by atoms with Crippen molar-refractivity contribution in [3.05, 3.63) is 29.8 Å². The second-order valence-electron chi connectivity index (χ2n) is 4.06. The molecule has 1 aromatic rings. The van der Waals surface area contributed by atoms with Crippen LogP contribution < -0.4 is 9.47 Å². The fourth-order valence-corrected chi connectivity index (χ4v) is 1.50. The number of aliphatic hydroxyl groups is 1. The minimum Gasteiger partial charge on any atom is -0.507 e. The van der Waals surface area contributed by atoms with Crippen LogP contribution in [0, 0.1) is 0 Å². The van der Waals surface area contributed by atoms with Gasteiger partial charge < -0.3 is 19.3 Å². The number of hydrogen-bond acceptors (Lipinski definition) is 6. The fourth-order valence-electron chi connectivity index (χ4n) is 1.50. The minimum atomic E-state index is -4.94. The molecule has 0 unspecified atom stereocenters. The standard InChI is InChI=1S/C14H13F3O6/c1-3-22-13(20)12(19)7-11(18)8-4-9(21-2)6-10(5-8)23-14(15,16)17/h4-7,18H,3H2,1-2H3/b11-7-. The number of methoxy groups -OCH3 is 1. The van der Waals surface area contributed by atoms with Crippen molar-refractivity contribution in [1.82, 2.24) is 0 Å². The lowest BCUT2D eigenvalue weighted by molar-refractivity contribution is -0.274. The lowest BCUT2D eigenvalue weighted by Gasteiger charge is -2.12. The van der Waals surface area contributed by atoms with Gasteiger partial charge in [-0.15, -0.1) is 13.2 Å². The van der Waals surface area contributed by atoms with Gasteiger partial charge >= 0.3 is 12.3 Å². The molecule has 23 heavy (non-hydrogen) atoms. The van der Waals surface area contributed by atoms with E-state index in [-0.39, 0.29) is 17.9 Å². The zero-order valence-electron chi connectivity index (χ0n) is 12.1. The quantitative estimate of drug-likeness (QED) is 0.373. The summed E-state index contributed by atoms with van der Waals surface area (Å²) in [5, 5.41) is 9.79. The number of esters is 1. The number of rotatable bonds is 6. The molecule has 0 saturated heterocycles. The van der Waals surface area contributed by atoms with Crippen LogP contribution in [-0.2, 0) is 14.3 Å². The first-order valence-corrected chi connectivity index (χ1v) is 6.23. The smallest absolute Gasteiger partial charge is 0.507 e. The molecule has 1 aromatic carbocycles. The number of ketones is 1. The number of carbonyl (C=O) groups excluding carboxylic acids is 2. The topological polar surface area (TPSA) is 82.1 Å². The lowest BCUT2D eigenvalue weighted by Crippen LogP contribution is -2.17. The van der Waals surface area contributed by atoms with Crippen molar-refractivity contribution < 1.29 is 42.1 Å². The number of hydrogen-bond donors (Lipinski definition) is 1. The summed E-state index contributed by atoms with van der Waals surface area (Å²) in [6.45, 7) is 1.44. The molecule has 9 heteroatoms. The highest BCUT2D eigenvalue weighted by molar-refractivity contribution is 6.39. The number of halogens is 3. The average Bonchev–Trinajstić information content (AvgIpc) is 2.45. The summed E-state index contributed by atoms with van der Waals surface area (Å²) < 4.78 is 49.7. The van der Waals surface area contributed by atoms with E-state index in [4.69, 9.17) is 4.74 Å². The summed E-state index contributed by atoms with van der Waals surface area (Å²) in [4.78, 5) is 22.6. The van der Waals surface area contributed by atoms with Gasteiger partial charge in [0.05, 0.1) is 13.7 Å². The van der Waals surface area contributed by atoms with E-state index in [1.165, 1.54) is 14.0 Å². The van der Waals surface area contributed by atoms with E-state index in [2.05, 4.69) is 9.47 Å². The van der Waals surface area contributed by atoms with Gasteiger partial charge in [-0.2, -0.15) is 0 Å². The Morgan fingerprint density at radius 1 is 1.22 bits per heavy atom. The van der Waals surface area contributed by atoms with Crippen LogP contribution in [0.5, 0.6) is 11.5 Å². The van der Waals surface area contributed by atoms with Gasteiger partial charge in [0.1, 0.15) is 17.3 Å². The zero-order valence-corrected chi connectivity index (χ0v) is 12.1. The monoisotopic (exact) mass is 334 g/mol. The van der Waals surface area contributed by atoms with Gasteiger partial charge in [0.2, 0.25) is 0 Å². The minimum absolute atomic E-state index is 0.0398. The lowest BCUT2D eigenvalue weighted by atomic mass is 10.1. The summed E-state index contributed by atoms with van der Waals surface area (Å²) in [6, 6.07) is 2.94. The van der Waals surface area contributed by atoms with Crippen molar-refractivity contribution in [2.45, 2.75) is 13.3 Å². The van der Waals surface area contributed by atoms with Crippen LogP contribution in [0.4, 0.5) is 13.2 Å². The highest BCUT2D eigenvalue weighted by Gasteiger charge is 2.31. The van der Waals surface area contributed by atoms with Crippen molar-refractivity contribution in [2.75, 3.05) is 13.7 Å². The van der Waals surface area contributed by atoms with E-state index in [1.807, 2.05) is 0 Å². The molecule has 0 atom stereocenters. The van der Waals surface area contributed by atoms with Crippen LogP contribution in [0.1, 0.15) is 12.5 Å². The molecule has 1 rings (SSSR count).